The molecule has 0 fully saturated rings. The molecular formula is C12H20ClN3. The third-order valence-electron chi connectivity index (χ3n) is 2.79. The molecule has 0 atom stereocenters. The molecule has 1 N–H and O–H groups in total. The number of anilines is 1. The summed E-state index contributed by atoms with van der Waals surface area (Å²) in [5, 5.41) is 3.96. The lowest BCUT2D eigenvalue weighted by Crippen LogP contribution is -2.30. The Hall–Kier alpha value is -0.830. The lowest BCUT2D eigenvalue weighted by Gasteiger charge is -2.26. The fraction of sp³-hybridized carbons (Fsp3) is 0.667. The summed E-state index contributed by atoms with van der Waals surface area (Å²) >= 11 is 6.08. The van der Waals surface area contributed by atoms with Crippen molar-refractivity contribution in [3.05, 3.63) is 16.5 Å². The predicted molar refractivity (Wildman–Crippen MR) is 69.1 cm³/mol. The molecule has 0 amide bonds. The van der Waals surface area contributed by atoms with Gasteiger partial charge in [-0.1, -0.05) is 25.4 Å². The quantitative estimate of drug-likeness (QED) is 0.819. The Bertz CT molecular complexity index is 375. The van der Waals surface area contributed by atoms with Gasteiger partial charge in [-0.05, 0) is 27.2 Å². The molecule has 0 unspecified atom stereocenters. The number of rotatable bonds is 4. The molecule has 90 valence electrons. The van der Waals surface area contributed by atoms with Crippen molar-refractivity contribution in [1.82, 2.24) is 9.97 Å². The van der Waals surface area contributed by atoms with E-state index in [4.69, 9.17) is 11.6 Å². The highest BCUT2D eigenvalue weighted by Crippen LogP contribution is 2.24. The first-order valence-electron chi connectivity index (χ1n) is 5.70. The molecule has 0 spiro atoms. The average molecular weight is 242 g/mol. The number of aryl methyl sites for hydroxylation is 1. The zero-order chi connectivity index (χ0) is 12.3. The second-order valence-electron chi connectivity index (χ2n) is 4.62. The minimum Gasteiger partial charge on any atom is -0.365 e. The lowest BCUT2D eigenvalue weighted by atomic mass is 10.0. The highest BCUT2D eigenvalue weighted by Gasteiger charge is 2.18. The van der Waals surface area contributed by atoms with Gasteiger partial charge >= 0.3 is 0 Å². The summed E-state index contributed by atoms with van der Waals surface area (Å²) in [6.45, 7) is 10.4. The number of nitrogens with zero attached hydrogens (tertiary/aromatic N) is 2. The van der Waals surface area contributed by atoms with Gasteiger partial charge in [-0.2, -0.15) is 0 Å². The molecule has 16 heavy (non-hydrogen) atoms. The normalized spacial score (nSPS) is 11.6. The molecule has 0 bridgehead atoms. The molecule has 0 aliphatic heterocycles. The van der Waals surface area contributed by atoms with Gasteiger partial charge in [0.25, 0.3) is 0 Å². The number of hydrogen-bond donors (Lipinski definition) is 1. The van der Waals surface area contributed by atoms with Crippen molar-refractivity contribution >= 4 is 17.4 Å². The second kappa shape index (κ2) is 5.00. The summed E-state index contributed by atoms with van der Waals surface area (Å²) in [5.41, 5.74) is 0.938. The largest absolute Gasteiger partial charge is 0.365 e. The maximum Gasteiger partial charge on any atom is 0.137 e. The first kappa shape index (κ1) is 13.2. The van der Waals surface area contributed by atoms with Gasteiger partial charge in [-0.15, -0.1) is 0 Å². The number of hydrogen-bond acceptors (Lipinski definition) is 3. The third kappa shape index (κ3) is 3.08. The van der Waals surface area contributed by atoms with Crippen LogP contribution in [-0.2, 0) is 6.42 Å². The molecule has 1 heterocycles. The molecule has 0 aromatic carbocycles. The van der Waals surface area contributed by atoms with Crippen LogP contribution in [0.15, 0.2) is 0 Å². The van der Waals surface area contributed by atoms with E-state index < -0.39 is 0 Å². The van der Waals surface area contributed by atoms with Crippen molar-refractivity contribution in [1.29, 1.82) is 0 Å². The molecule has 1 aromatic rings. The highest BCUT2D eigenvalue weighted by molar-refractivity contribution is 6.30. The van der Waals surface area contributed by atoms with Gasteiger partial charge in [0.15, 0.2) is 0 Å². The first-order chi connectivity index (χ1) is 7.39. The Morgan fingerprint density at radius 1 is 1.25 bits per heavy atom. The van der Waals surface area contributed by atoms with E-state index in [1.165, 1.54) is 0 Å². The third-order valence-corrected chi connectivity index (χ3v) is 3.16. The summed E-state index contributed by atoms with van der Waals surface area (Å²) in [6, 6.07) is 0. The van der Waals surface area contributed by atoms with E-state index in [1.807, 2.05) is 13.8 Å². The van der Waals surface area contributed by atoms with E-state index >= 15 is 0 Å². The van der Waals surface area contributed by atoms with Gasteiger partial charge in [-0.25, -0.2) is 9.97 Å². The van der Waals surface area contributed by atoms with Gasteiger partial charge in [-0.3, -0.25) is 0 Å². The Kier molecular flexibility index (Phi) is 4.14. The van der Waals surface area contributed by atoms with Crippen molar-refractivity contribution in [3.63, 3.8) is 0 Å². The summed E-state index contributed by atoms with van der Waals surface area (Å²) in [6.07, 6.45) is 1.82. The molecule has 0 aliphatic rings. The van der Waals surface area contributed by atoms with E-state index in [9.17, 15) is 0 Å². The molecule has 3 nitrogen and oxygen atoms in total. The highest BCUT2D eigenvalue weighted by atomic mass is 35.5. The lowest BCUT2D eigenvalue weighted by molar-refractivity contribution is 0.543. The monoisotopic (exact) mass is 241 g/mol. The van der Waals surface area contributed by atoms with E-state index in [1.54, 1.807) is 0 Å². The van der Waals surface area contributed by atoms with Crippen LogP contribution in [0.3, 0.4) is 0 Å². The fourth-order valence-electron chi connectivity index (χ4n) is 1.22. The standard InChI is InChI=1S/C12H20ClN3/c1-6-9-14-10(13)8(3)11(15-9)16-12(4,5)7-2/h6-7H2,1-5H3,(H,14,15,16). The van der Waals surface area contributed by atoms with Gasteiger partial charge in [0.05, 0.1) is 0 Å². The van der Waals surface area contributed by atoms with Crippen LogP contribution in [-0.4, -0.2) is 15.5 Å². The fourth-order valence-corrected chi connectivity index (χ4v) is 1.41. The molecule has 0 aliphatic carbocycles. The van der Waals surface area contributed by atoms with E-state index in [0.29, 0.717) is 5.15 Å². The zero-order valence-corrected chi connectivity index (χ0v) is 11.4. The van der Waals surface area contributed by atoms with Gasteiger partial charge in [0, 0.05) is 17.5 Å². The summed E-state index contributed by atoms with van der Waals surface area (Å²) in [4.78, 5) is 8.70. The Morgan fingerprint density at radius 3 is 2.38 bits per heavy atom. The molecule has 0 saturated carbocycles. The van der Waals surface area contributed by atoms with Crippen molar-refractivity contribution in [2.24, 2.45) is 0 Å². The van der Waals surface area contributed by atoms with Crippen molar-refractivity contribution < 1.29 is 0 Å². The Morgan fingerprint density at radius 2 is 1.88 bits per heavy atom. The summed E-state index contributed by atoms with van der Waals surface area (Å²) < 4.78 is 0. The maximum absolute atomic E-state index is 6.08. The van der Waals surface area contributed by atoms with Crippen LogP contribution in [0.2, 0.25) is 5.15 Å². The number of halogens is 1. The Labute approximate surface area is 103 Å². The van der Waals surface area contributed by atoms with Crippen LogP contribution >= 0.6 is 11.6 Å². The number of nitrogens with one attached hydrogen (secondary N) is 1. The van der Waals surface area contributed by atoms with Crippen LogP contribution < -0.4 is 5.32 Å². The van der Waals surface area contributed by atoms with Crippen molar-refractivity contribution in [2.45, 2.75) is 53.0 Å². The van der Waals surface area contributed by atoms with Gasteiger partial charge < -0.3 is 5.32 Å². The van der Waals surface area contributed by atoms with Crippen LogP contribution in [0.25, 0.3) is 0 Å². The molecule has 1 rings (SSSR count). The molecule has 1 aromatic heterocycles. The Balaban J connectivity index is 3.08. The summed E-state index contributed by atoms with van der Waals surface area (Å²) in [5.74, 6) is 1.63. The van der Waals surface area contributed by atoms with E-state index in [2.05, 4.69) is 36.1 Å². The topological polar surface area (TPSA) is 37.8 Å². The van der Waals surface area contributed by atoms with Gasteiger partial charge in [0.2, 0.25) is 0 Å². The first-order valence-corrected chi connectivity index (χ1v) is 6.08. The molecular weight excluding hydrogens is 222 g/mol. The van der Waals surface area contributed by atoms with Crippen LogP contribution in [0, 0.1) is 6.92 Å². The van der Waals surface area contributed by atoms with E-state index in [-0.39, 0.29) is 5.54 Å². The van der Waals surface area contributed by atoms with Crippen LogP contribution in [0.4, 0.5) is 5.82 Å². The minimum absolute atomic E-state index is 0.0213. The molecule has 0 radical (unpaired) electrons. The van der Waals surface area contributed by atoms with Crippen LogP contribution in [0.1, 0.15) is 45.5 Å². The summed E-state index contributed by atoms with van der Waals surface area (Å²) in [7, 11) is 0. The van der Waals surface area contributed by atoms with Crippen LogP contribution in [0.5, 0.6) is 0 Å². The smallest absolute Gasteiger partial charge is 0.137 e. The SMILES string of the molecule is CCc1nc(Cl)c(C)c(NC(C)(C)CC)n1. The minimum atomic E-state index is 0.0213. The van der Waals surface area contributed by atoms with Gasteiger partial charge in [0.1, 0.15) is 16.8 Å². The van der Waals surface area contributed by atoms with E-state index in [0.717, 1.165) is 30.0 Å². The number of aromatic nitrogens is 2. The molecule has 4 heteroatoms. The van der Waals surface area contributed by atoms with Crippen molar-refractivity contribution in [3.8, 4) is 0 Å². The molecule has 0 saturated heterocycles. The average Bonchev–Trinajstić information content (AvgIpc) is 2.24. The van der Waals surface area contributed by atoms with Crippen molar-refractivity contribution in [2.75, 3.05) is 5.32 Å². The zero-order valence-electron chi connectivity index (χ0n) is 10.7. The second-order valence-corrected chi connectivity index (χ2v) is 4.98. The maximum atomic E-state index is 6.08. The predicted octanol–water partition coefficient (Wildman–Crippen LogP) is 3.60.